The second-order valence-corrected chi connectivity index (χ2v) is 10.4. The average molecular weight is 587 g/mol. The van der Waals surface area contributed by atoms with Gasteiger partial charge in [-0.15, -0.1) is 0 Å². The first-order valence-corrected chi connectivity index (χ1v) is 14.4. The molecule has 0 saturated carbocycles. The van der Waals surface area contributed by atoms with Crippen molar-refractivity contribution in [3.05, 3.63) is 72.5 Å². The van der Waals surface area contributed by atoms with Gasteiger partial charge in [-0.3, -0.25) is 4.79 Å². The molecule has 2 aromatic carbocycles. The molecule has 0 bridgehead atoms. The summed E-state index contributed by atoms with van der Waals surface area (Å²) in [5, 5.41) is 0. The van der Waals surface area contributed by atoms with Gasteiger partial charge in [0.2, 0.25) is 0 Å². The van der Waals surface area contributed by atoms with E-state index >= 15 is 0 Å². The lowest BCUT2D eigenvalue weighted by Gasteiger charge is -2.22. The fraction of sp³-hybridized carbons (Fsp3) is 0.455. The Kier molecular flexibility index (Phi) is 13.5. The normalized spacial score (nSPS) is 14.8. The molecule has 1 heterocycles. The molecule has 1 aliphatic rings. The van der Waals surface area contributed by atoms with Gasteiger partial charge in [-0.2, -0.15) is 0 Å². The quantitative estimate of drug-likeness (QED) is 0.0767. The zero-order valence-corrected chi connectivity index (χ0v) is 24.3. The molecule has 228 valence electrons. The molecule has 9 heteroatoms. The SMILES string of the molecule is C=C1CC(COCOc2ccc(-c3c(F)cc(OCCCCCCCCCOC(=O)C(=C)C)cc3F)cc2)CC(=O)O1. The van der Waals surface area contributed by atoms with Crippen LogP contribution >= 0.6 is 0 Å². The molecule has 1 unspecified atom stereocenters. The van der Waals surface area contributed by atoms with Crippen molar-refractivity contribution in [3.63, 3.8) is 0 Å². The third-order valence-electron chi connectivity index (χ3n) is 6.69. The largest absolute Gasteiger partial charge is 0.493 e. The van der Waals surface area contributed by atoms with Crippen molar-refractivity contribution < 1.29 is 42.1 Å². The summed E-state index contributed by atoms with van der Waals surface area (Å²) in [7, 11) is 0. The molecule has 3 rings (SSSR count). The van der Waals surface area contributed by atoms with Gasteiger partial charge in [-0.25, -0.2) is 13.6 Å². The summed E-state index contributed by atoms with van der Waals surface area (Å²) < 4.78 is 56.3. The number of hydrogen-bond donors (Lipinski definition) is 0. The van der Waals surface area contributed by atoms with Crippen molar-refractivity contribution in [1.82, 2.24) is 0 Å². The van der Waals surface area contributed by atoms with Crippen molar-refractivity contribution >= 4 is 11.9 Å². The smallest absolute Gasteiger partial charge is 0.333 e. The lowest BCUT2D eigenvalue weighted by Crippen LogP contribution is -2.23. The Bertz CT molecular complexity index is 1170. The standard InChI is InChI=1S/C33H40F2O7/c1-23(2)33(37)40-16-10-8-6-4-5-7-9-15-39-28-19-29(34)32(30(35)20-28)26-11-13-27(14-12-26)41-22-38-21-25-17-24(3)42-31(36)18-25/h11-14,19-20,25H,1,3-10,15-18,21-22H2,2H3. The summed E-state index contributed by atoms with van der Waals surface area (Å²) in [5.74, 6) is -0.995. The topological polar surface area (TPSA) is 80.3 Å². The Labute approximate surface area is 246 Å². The molecular formula is C33H40F2O7. The monoisotopic (exact) mass is 586 g/mol. The van der Waals surface area contributed by atoms with E-state index in [1.165, 1.54) is 12.1 Å². The lowest BCUT2D eigenvalue weighted by atomic mass is 9.99. The maximum Gasteiger partial charge on any atom is 0.333 e. The van der Waals surface area contributed by atoms with Crippen molar-refractivity contribution in [2.45, 2.75) is 64.7 Å². The summed E-state index contributed by atoms with van der Waals surface area (Å²) in [6.45, 7) is 9.96. The summed E-state index contributed by atoms with van der Waals surface area (Å²) in [4.78, 5) is 22.8. The van der Waals surface area contributed by atoms with Gasteiger partial charge < -0.3 is 23.7 Å². The van der Waals surface area contributed by atoms with Crippen LogP contribution in [-0.4, -0.2) is 38.6 Å². The zero-order valence-electron chi connectivity index (χ0n) is 24.3. The molecule has 1 aliphatic heterocycles. The predicted molar refractivity (Wildman–Crippen MR) is 155 cm³/mol. The molecule has 0 aromatic heterocycles. The van der Waals surface area contributed by atoms with Crippen molar-refractivity contribution in [1.29, 1.82) is 0 Å². The van der Waals surface area contributed by atoms with E-state index in [-0.39, 0.29) is 42.4 Å². The van der Waals surface area contributed by atoms with E-state index in [4.69, 9.17) is 23.7 Å². The van der Waals surface area contributed by atoms with E-state index in [9.17, 15) is 18.4 Å². The molecular weight excluding hydrogens is 546 g/mol. The van der Waals surface area contributed by atoms with Crippen molar-refractivity contribution in [2.24, 2.45) is 5.92 Å². The predicted octanol–water partition coefficient (Wildman–Crippen LogP) is 7.68. The van der Waals surface area contributed by atoms with Gasteiger partial charge >= 0.3 is 11.9 Å². The molecule has 0 spiro atoms. The first-order chi connectivity index (χ1) is 20.2. The van der Waals surface area contributed by atoms with Crippen LogP contribution in [0.15, 0.2) is 60.9 Å². The highest BCUT2D eigenvalue weighted by atomic mass is 19.1. The summed E-state index contributed by atoms with van der Waals surface area (Å²) >= 11 is 0. The van der Waals surface area contributed by atoms with Crippen LogP contribution in [0, 0.1) is 17.6 Å². The average Bonchev–Trinajstić information content (AvgIpc) is 2.93. The van der Waals surface area contributed by atoms with Crippen LogP contribution in [0.1, 0.15) is 64.7 Å². The highest BCUT2D eigenvalue weighted by Gasteiger charge is 2.23. The molecule has 2 aromatic rings. The van der Waals surface area contributed by atoms with Gasteiger partial charge in [0, 0.05) is 24.1 Å². The number of cyclic esters (lactones) is 1. The maximum absolute atomic E-state index is 14.8. The van der Waals surface area contributed by atoms with Gasteiger partial charge in [-0.1, -0.05) is 57.4 Å². The number of esters is 2. The first-order valence-electron chi connectivity index (χ1n) is 14.4. The number of allylic oxidation sites excluding steroid dienone is 1. The second kappa shape index (κ2) is 17.3. The molecule has 1 saturated heterocycles. The molecule has 42 heavy (non-hydrogen) atoms. The third kappa shape index (κ3) is 11.3. The summed E-state index contributed by atoms with van der Waals surface area (Å²) in [6, 6.07) is 8.78. The fourth-order valence-electron chi connectivity index (χ4n) is 4.51. The van der Waals surface area contributed by atoms with Gasteiger partial charge in [0.25, 0.3) is 0 Å². The minimum absolute atomic E-state index is 0.00323. The van der Waals surface area contributed by atoms with E-state index in [0.717, 1.165) is 44.9 Å². The molecule has 0 radical (unpaired) electrons. The minimum atomic E-state index is -0.705. The van der Waals surface area contributed by atoms with Gasteiger partial charge in [0.1, 0.15) is 28.9 Å². The van der Waals surface area contributed by atoms with E-state index in [0.29, 0.717) is 48.9 Å². The van der Waals surface area contributed by atoms with Crippen LogP contribution in [-0.2, 0) is 23.8 Å². The van der Waals surface area contributed by atoms with Crippen LogP contribution in [0.25, 0.3) is 11.1 Å². The number of carbonyl (C=O) groups is 2. The maximum atomic E-state index is 14.8. The second-order valence-electron chi connectivity index (χ2n) is 10.4. The Morgan fingerprint density at radius 1 is 0.905 bits per heavy atom. The number of ether oxygens (including phenoxy) is 5. The molecule has 7 nitrogen and oxygen atoms in total. The van der Waals surface area contributed by atoms with Crippen LogP contribution in [0.2, 0.25) is 0 Å². The molecule has 0 aliphatic carbocycles. The van der Waals surface area contributed by atoms with Crippen molar-refractivity contribution in [3.8, 4) is 22.6 Å². The van der Waals surface area contributed by atoms with E-state index in [2.05, 4.69) is 13.2 Å². The fourth-order valence-corrected chi connectivity index (χ4v) is 4.51. The number of rotatable bonds is 18. The number of unbranched alkanes of at least 4 members (excludes halogenated alkanes) is 6. The molecule has 1 atom stereocenters. The highest BCUT2D eigenvalue weighted by Crippen LogP contribution is 2.31. The first kappa shape index (κ1) is 32.8. The van der Waals surface area contributed by atoms with Crippen LogP contribution < -0.4 is 9.47 Å². The Balaban J connectivity index is 1.32. The zero-order chi connectivity index (χ0) is 30.3. The molecule has 0 amide bonds. The number of carbonyl (C=O) groups excluding carboxylic acids is 2. The molecule has 0 N–H and O–H groups in total. The minimum Gasteiger partial charge on any atom is -0.493 e. The van der Waals surface area contributed by atoms with Crippen molar-refractivity contribution in [2.75, 3.05) is 26.6 Å². The lowest BCUT2D eigenvalue weighted by molar-refractivity contribution is -0.145. The number of benzene rings is 2. The van der Waals surface area contributed by atoms with E-state index < -0.39 is 11.6 Å². The Morgan fingerprint density at radius 3 is 2.14 bits per heavy atom. The Morgan fingerprint density at radius 2 is 1.52 bits per heavy atom. The third-order valence-corrected chi connectivity index (χ3v) is 6.69. The summed E-state index contributed by atoms with van der Waals surface area (Å²) in [5.41, 5.74) is 0.649. The van der Waals surface area contributed by atoms with Gasteiger partial charge in [0.05, 0.1) is 31.8 Å². The van der Waals surface area contributed by atoms with Crippen LogP contribution in [0.3, 0.4) is 0 Å². The van der Waals surface area contributed by atoms with Gasteiger partial charge in [0.15, 0.2) is 6.79 Å². The number of halogens is 2. The van der Waals surface area contributed by atoms with E-state index in [1.54, 1.807) is 31.2 Å². The van der Waals surface area contributed by atoms with Crippen LogP contribution in [0.4, 0.5) is 8.78 Å². The van der Waals surface area contributed by atoms with Crippen LogP contribution in [0.5, 0.6) is 11.5 Å². The highest BCUT2D eigenvalue weighted by molar-refractivity contribution is 5.86. The van der Waals surface area contributed by atoms with E-state index in [1.807, 2.05) is 0 Å². The van der Waals surface area contributed by atoms with Gasteiger partial charge in [-0.05, 0) is 43.4 Å². The Hall–Kier alpha value is -3.72. The summed E-state index contributed by atoms with van der Waals surface area (Å²) in [6.07, 6.45) is 7.56. The number of hydrogen-bond acceptors (Lipinski definition) is 7. The molecule has 1 fully saturated rings.